The molecular formula is C14H22N4O3. The molecule has 0 saturated heterocycles. The Hall–Kier alpha value is -2.15. The fourth-order valence-corrected chi connectivity index (χ4v) is 1.79. The van der Waals surface area contributed by atoms with Gasteiger partial charge in [-0.3, -0.25) is 14.9 Å². The smallest absolute Gasteiger partial charge is 0.293 e. The number of hydrogen-bond acceptors (Lipinski definition) is 5. The quantitative estimate of drug-likeness (QED) is 0.385. The minimum atomic E-state index is -0.485. The third-order valence-corrected chi connectivity index (χ3v) is 2.79. The van der Waals surface area contributed by atoms with Crippen molar-refractivity contribution in [2.45, 2.75) is 26.8 Å². The van der Waals surface area contributed by atoms with E-state index in [2.05, 4.69) is 16.0 Å². The van der Waals surface area contributed by atoms with Crippen molar-refractivity contribution in [3.05, 3.63) is 33.9 Å². The van der Waals surface area contributed by atoms with Gasteiger partial charge in [0.1, 0.15) is 5.69 Å². The fourth-order valence-electron chi connectivity index (χ4n) is 1.79. The fraction of sp³-hybridized carbons (Fsp3) is 0.500. The molecule has 0 spiro atoms. The molecule has 0 heterocycles. The van der Waals surface area contributed by atoms with Gasteiger partial charge in [-0.1, -0.05) is 13.8 Å². The number of rotatable bonds is 8. The molecule has 1 aromatic rings. The van der Waals surface area contributed by atoms with Gasteiger partial charge in [-0.15, -0.1) is 0 Å². The van der Waals surface area contributed by atoms with Crippen molar-refractivity contribution in [3.63, 3.8) is 0 Å². The van der Waals surface area contributed by atoms with Gasteiger partial charge >= 0.3 is 0 Å². The highest BCUT2D eigenvalue weighted by Gasteiger charge is 2.17. The van der Waals surface area contributed by atoms with Crippen LogP contribution in [0.3, 0.4) is 0 Å². The summed E-state index contributed by atoms with van der Waals surface area (Å²) in [5.41, 5.74) is 0.608. The summed E-state index contributed by atoms with van der Waals surface area (Å²) in [6, 6.07) is 4.80. The van der Waals surface area contributed by atoms with Crippen LogP contribution in [0.15, 0.2) is 18.2 Å². The van der Waals surface area contributed by atoms with E-state index in [1.165, 1.54) is 6.07 Å². The monoisotopic (exact) mass is 294 g/mol. The number of carbonyl (C=O) groups is 1. The largest absolute Gasteiger partial charge is 0.378 e. The lowest BCUT2D eigenvalue weighted by atomic mass is 10.1. The highest BCUT2D eigenvalue weighted by atomic mass is 16.6. The third kappa shape index (κ3) is 5.39. The summed E-state index contributed by atoms with van der Waals surface area (Å²) in [4.78, 5) is 22.3. The van der Waals surface area contributed by atoms with Crippen LogP contribution in [0.25, 0.3) is 0 Å². The van der Waals surface area contributed by atoms with Crippen LogP contribution in [0.2, 0.25) is 0 Å². The maximum Gasteiger partial charge on any atom is 0.293 e. The molecule has 0 atom stereocenters. The normalized spacial score (nSPS) is 10.5. The van der Waals surface area contributed by atoms with Crippen LogP contribution in [-0.2, 0) is 0 Å². The van der Waals surface area contributed by atoms with E-state index in [1.54, 1.807) is 19.1 Å². The Morgan fingerprint density at radius 3 is 2.62 bits per heavy atom. The summed E-state index contributed by atoms with van der Waals surface area (Å²) in [7, 11) is 0. The standard InChI is InChI=1S/C14H22N4O3/c1-4-15-14(19)11-5-6-12(13(9-11)18(20)21)17-8-7-16-10(2)3/h5-6,9-10,16-17H,4,7-8H2,1-3H3,(H,15,19). The van der Waals surface area contributed by atoms with Crippen LogP contribution in [0.4, 0.5) is 11.4 Å². The van der Waals surface area contributed by atoms with E-state index in [4.69, 9.17) is 0 Å². The molecule has 0 aliphatic heterocycles. The molecule has 0 unspecified atom stereocenters. The van der Waals surface area contributed by atoms with E-state index in [1.807, 2.05) is 13.8 Å². The molecule has 116 valence electrons. The molecule has 0 radical (unpaired) electrons. The summed E-state index contributed by atoms with van der Waals surface area (Å²) < 4.78 is 0. The van der Waals surface area contributed by atoms with Crippen molar-refractivity contribution in [1.82, 2.24) is 10.6 Å². The molecule has 7 nitrogen and oxygen atoms in total. The number of nitrogens with zero attached hydrogens (tertiary/aromatic N) is 1. The molecule has 1 amide bonds. The highest BCUT2D eigenvalue weighted by molar-refractivity contribution is 5.95. The van der Waals surface area contributed by atoms with Gasteiger partial charge in [0, 0.05) is 37.3 Å². The van der Waals surface area contributed by atoms with Crippen molar-refractivity contribution < 1.29 is 9.72 Å². The molecule has 7 heteroatoms. The Bertz CT molecular complexity index is 503. The first-order valence-corrected chi connectivity index (χ1v) is 6.99. The third-order valence-electron chi connectivity index (χ3n) is 2.79. The van der Waals surface area contributed by atoms with Crippen LogP contribution >= 0.6 is 0 Å². The van der Waals surface area contributed by atoms with Crippen molar-refractivity contribution in [2.24, 2.45) is 0 Å². The van der Waals surface area contributed by atoms with Crippen molar-refractivity contribution in [3.8, 4) is 0 Å². The Labute approximate surface area is 124 Å². The lowest BCUT2D eigenvalue weighted by Gasteiger charge is -2.11. The molecule has 0 aromatic heterocycles. The highest BCUT2D eigenvalue weighted by Crippen LogP contribution is 2.25. The second kappa shape index (κ2) is 8.21. The second-order valence-corrected chi connectivity index (χ2v) is 4.88. The first-order chi connectivity index (χ1) is 9.95. The molecule has 0 saturated carbocycles. The first-order valence-electron chi connectivity index (χ1n) is 6.99. The number of hydrogen-bond donors (Lipinski definition) is 3. The summed E-state index contributed by atoms with van der Waals surface area (Å²) in [6.07, 6.45) is 0. The topological polar surface area (TPSA) is 96.3 Å². The summed E-state index contributed by atoms with van der Waals surface area (Å²) >= 11 is 0. The number of anilines is 1. The number of nitrogens with one attached hydrogen (secondary N) is 3. The lowest BCUT2D eigenvalue weighted by molar-refractivity contribution is -0.384. The summed E-state index contributed by atoms with van der Waals surface area (Å²) in [6.45, 7) is 7.61. The Morgan fingerprint density at radius 1 is 1.33 bits per heavy atom. The van der Waals surface area contributed by atoms with Crippen LogP contribution in [0.1, 0.15) is 31.1 Å². The van der Waals surface area contributed by atoms with E-state index < -0.39 is 4.92 Å². The zero-order chi connectivity index (χ0) is 15.8. The molecule has 21 heavy (non-hydrogen) atoms. The molecule has 0 bridgehead atoms. The molecule has 0 aliphatic rings. The summed E-state index contributed by atoms with van der Waals surface area (Å²) in [5.74, 6) is -0.311. The molecule has 0 fully saturated rings. The number of amides is 1. The van der Waals surface area contributed by atoms with Gasteiger partial charge in [0.2, 0.25) is 0 Å². The zero-order valence-corrected chi connectivity index (χ0v) is 12.6. The Balaban J connectivity index is 2.80. The molecule has 1 aromatic carbocycles. The average molecular weight is 294 g/mol. The maximum atomic E-state index is 11.7. The Kier molecular flexibility index (Phi) is 6.61. The van der Waals surface area contributed by atoms with Crippen molar-refractivity contribution >= 4 is 17.3 Å². The first kappa shape index (κ1) is 16.9. The van der Waals surface area contributed by atoms with E-state index >= 15 is 0 Å². The molecule has 0 aliphatic carbocycles. The molecule has 1 rings (SSSR count). The van der Waals surface area contributed by atoms with Crippen LogP contribution in [0.5, 0.6) is 0 Å². The lowest BCUT2D eigenvalue weighted by Crippen LogP contribution is -2.28. The van der Waals surface area contributed by atoms with Crippen LogP contribution < -0.4 is 16.0 Å². The van der Waals surface area contributed by atoms with E-state index in [0.29, 0.717) is 31.4 Å². The number of nitro benzene ring substituents is 1. The molecule has 3 N–H and O–H groups in total. The minimum Gasteiger partial charge on any atom is -0.378 e. The van der Waals surface area contributed by atoms with Crippen molar-refractivity contribution in [1.29, 1.82) is 0 Å². The van der Waals surface area contributed by atoms with Gasteiger partial charge in [-0.2, -0.15) is 0 Å². The maximum absolute atomic E-state index is 11.7. The van der Waals surface area contributed by atoms with E-state index in [9.17, 15) is 14.9 Å². The van der Waals surface area contributed by atoms with Gasteiger partial charge in [-0.05, 0) is 19.1 Å². The average Bonchev–Trinajstić information content (AvgIpc) is 2.43. The molecular weight excluding hydrogens is 272 g/mol. The number of benzene rings is 1. The van der Waals surface area contributed by atoms with Crippen LogP contribution in [0, 0.1) is 10.1 Å². The van der Waals surface area contributed by atoms with Gasteiger partial charge < -0.3 is 16.0 Å². The Morgan fingerprint density at radius 2 is 2.05 bits per heavy atom. The summed E-state index contributed by atoms with van der Waals surface area (Å²) in [5, 5.41) is 20.0. The van der Waals surface area contributed by atoms with Gasteiger partial charge in [0.15, 0.2) is 0 Å². The van der Waals surface area contributed by atoms with Gasteiger partial charge in [0.05, 0.1) is 4.92 Å². The number of nitro groups is 1. The minimum absolute atomic E-state index is 0.0942. The second-order valence-electron chi connectivity index (χ2n) is 4.88. The van der Waals surface area contributed by atoms with Crippen LogP contribution in [-0.4, -0.2) is 36.5 Å². The van der Waals surface area contributed by atoms with E-state index in [0.717, 1.165) is 0 Å². The number of carbonyl (C=O) groups excluding carboxylic acids is 1. The van der Waals surface area contributed by atoms with Gasteiger partial charge in [0.25, 0.3) is 11.6 Å². The SMILES string of the molecule is CCNC(=O)c1ccc(NCCNC(C)C)c([N+](=O)[O-])c1. The predicted molar refractivity (Wildman–Crippen MR) is 82.7 cm³/mol. The predicted octanol–water partition coefficient (Wildman–Crippen LogP) is 1.75. The zero-order valence-electron chi connectivity index (χ0n) is 12.6. The van der Waals surface area contributed by atoms with E-state index in [-0.39, 0.29) is 17.2 Å². The van der Waals surface area contributed by atoms with Gasteiger partial charge in [-0.25, -0.2) is 0 Å². The van der Waals surface area contributed by atoms with Crippen molar-refractivity contribution in [2.75, 3.05) is 25.0 Å².